The Morgan fingerprint density at radius 2 is 2.23 bits per heavy atom. The van der Waals surface area contributed by atoms with Crippen molar-refractivity contribution in [2.45, 2.75) is 13.8 Å². The molecule has 0 aromatic carbocycles. The van der Waals surface area contributed by atoms with E-state index in [0.29, 0.717) is 12.3 Å². The van der Waals surface area contributed by atoms with Crippen LogP contribution in [0.15, 0.2) is 11.3 Å². The Balaban J connectivity index is 2.89. The average molecular weight is 183 g/mol. The minimum atomic E-state index is -0.505. The van der Waals surface area contributed by atoms with Gasteiger partial charge in [-0.1, -0.05) is 0 Å². The van der Waals surface area contributed by atoms with Crippen LogP contribution in [0.5, 0.6) is 0 Å². The maximum absolute atomic E-state index is 11.3. The summed E-state index contributed by atoms with van der Waals surface area (Å²) in [5, 5.41) is 0. The quantitative estimate of drug-likeness (QED) is 0.457. The Labute approximate surface area is 77.2 Å². The smallest absolute Gasteiger partial charge is 0.343 e. The van der Waals surface area contributed by atoms with Gasteiger partial charge in [0.2, 0.25) is 0 Å². The van der Waals surface area contributed by atoms with Crippen LogP contribution in [0, 0.1) is 0 Å². The summed E-state index contributed by atoms with van der Waals surface area (Å²) in [7, 11) is 1.78. The lowest BCUT2D eigenvalue weighted by Crippen LogP contribution is -2.16. The van der Waals surface area contributed by atoms with Crippen molar-refractivity contribution in [2.75, 3.05) is 20.2 Å². The lowest BCUT2D eigenvalue weighted by atomic mass is 10.2. The van der Waals surface area contributed by atoms with Crippen LogP contribution >= 0.6 is 0 Å². The van der Waals surface area contributed by atoms with Gasteiger partial charge in [0.25, 0.3) is 0 Å². The second kappa shape index (κ2) is 3.60. The molecule has 13 heavy (non-hydrogen) atoms. The third-order valence-electron chi connectivity index (χ3n) is 2.07. The topological polar surface area (TPSA) is 46.6 Å². The maximum atomic E-state index is 11.3. The molecule has 0 amide bonds. The standard InChI is InChI=1S/C9H13NO3/c1-4-13-9(12)8-6(2)10(3)5-7(8)11/h4-5H2,1-3H3. The third-order valence-corrected chi connectivity index (χ3v) is 2.07. The Hall–Kier alpha value is -1.32. The zero-order valence-electron chi connectivity index (χ0n) is 8.09. The molecule has 0 radical (unpaired) electrons. The van der Waals surface area contributed by atoms with Crippen molar-refractivity contribution in [3.63, 3.8) is 0 Å². The molecular weight excluding hydrogens is 170 g/mol. The van der Waals surface area contributed by atoms with Crippen LogP contribution in [0.3, 0.4) is 0 Å². The number of ketones is 1. The SMILES string of the molecule is CCOC(=O)C1=C(C)N(C)CC1=O. The summed E-state index contributed by atoms with van der Waals surface area (Å²) in [6.45, 7) is 4.04. The van der Waals surface area contributed by atoms with Crippen LogP contribution in [0.4, 0.5) is 0 Å². The van der Waals surface area contributed by atoms with Gasteiger partial charge in [-0.2, -0.15) is 0 Å². The normalized spacial score (nSPS) is 16.8. The summed E-state index contributed by atoms with van der Waals surface area (Å²) in [6.07, 6.45) is 0. The molecule has 1 aliphatic rings. The number of ether oxygens (including phenoxy) is 1. The van der Waals surface area contributed by atoms with Crippen molar-refractivity contribution in [3.05, 3.63) is 11.3 Å². The number of Topliss-reactive ketones (excluding diaryl/α,β-unsaturated/α-hetero) is 1. The third kappa shape index (κ3) is 1.71. The number of nitrogens with zero attached hydrogens (tertiary/aromatic N) is 1. The van der Waals surface area contributed by atoms with Crippen LogP contribution in [0.1, 0.15) is 13.8 Å². The predicted octanol–water partition coefficient (Wildman–Crippen LogP) is 0.338. The first kappa shape index (κ1) is 9.77. The van der Waals surface area contributed by atoms with Gasteiger partial charge >= 0.3 is 5.97 Å². The van der Waals surface area contributed by atoms with Crippen molar-refractivity contribution in [2.24, 2.45) is 0 Å². The van der Waals surface area contributed by atoms with Crippen molar-refractivity contribution in [1.29, 1.82) is 0 Å². The fourth-order valence-electron chi connectivity index (χ4n) is 1.27. The van der Waals surface area contributed by atoms with Gasteiger partial charge in [0.15, 0.2) is 5.78 Å². The molecule has 0 bridgehead atoms. The van der Waals surface area contributed by atoms with Crippen LogP contribution in [-0.2, 0) is 14.3 Å². The molecule has 0 fully saturated rings. The van der Waals surface area contributed by atoms with E-state index in [0.717, 1.165) is 0 Å². The van der Waals surface area contributed by atoms with Gasteiger partial charge in [-0.3, -0.25) is 4.79 Å². The summed E-state index contributed by atoms with van der Waals surface area (Å²) in [5.41, 5.74) is 0.896. The number of likely N-dealkylation sites (N-methyl/N-ethyl adjacent to an activating group) is 1. The van der Waals surface area contributed by atoms with E-state index in [-0.39, 0.29) is 17.9 Å². The minimum absolute atomic E-state index is 0.154. The van der Waals surface area contributed by atoms with E-state index in [2.05, 4.69) is 0 Å². The largest absolute Gasteiger partial charge is 0.462 e. The van der Waals surface area contributed by atoms with Gasteiger partial charge in [-0.25, -0.2) is 4.79 Å². The second-order valence-electron chi connectivity index (χ2n) is 2.96. The van der Waals surface area contributed by atoms with Gasteiger partial charge in [0.1, 0.15) is 5.57 Å². The van der Waals surface area contributed by atoms with E-state index in [1.54, 1.807) is 25.8 Å². The Bertz CT molecular complexity index is 281. The lowest BCUT2D eigenvalue weighted by molar-refractivity contribution is -0.139. The van der Waals surface area contributed by atoms with Gasteiger partial charge in [-0.05, 0) is 13.8 Å². The fraction of sp³-hybridized carbons (Fsp3) is 0.556. The molecule has 0 unspecified atom stereocenters. The van der Waals surface area contributed by atoms with Gasteiger partial charge in [-0.15, -0.1) is 0 Å². The Kier molecular flexibility index (Phi) is 2.70. The van der Waals surface area contributed by atoms with E-state index in [1.165, 1.54) is 0 Å². The summed E-state index contributed by atoms with van der Waals surface area (Å²) in [4.78, 5) is 24.3. The summed E-state index contributed by atoms with van der Waals surface area (Å²) >= 11 is 0. The lowest BCUT2D eigenvalue weighted by Gasteiger charge is -2.09. The van der Waals surface area contributed by atoms with E-state index >= 15 is 0 Å². The minimum Gasteiger partial charge on any atom is -0.462 e. The van der Waals surface area contributed by atoms with Gasteiger partial charge in [0.05, 0.1) is 13.2 Å². The highest BCUT2D eigenvalue weighted by Crippen LogP contribution is 2.18. The van der Waals surface area contributed by atoms with Crippen molar-refractivity contribution >= 4 is 11.8 Å². The molecule has 0 spiro atoms. The van der Waals surface area contributed by atoms with Crippen LogP contribution in [-0.4, -0.2) is 36.9 Å². The van der Waals surface area contributed by atoms with Crippen LogP contribution in [0.2, 0.25) is 0 Å². The highest BCUT2D eigenvalue weighted by Gasteiger charge is 2.30. The van der Waals surface area contributed by atoms with E-state index in [9.17, 15) is 9.59 Å². The first-order chi connectivity index (χ1) is 6.07. The highest BCUT2D eigenvalue weighted by atomic mass is 16.5. The fourth-order valence-corrected chi connectivity index (χ4v) is 1.27. The summed E-state index contributed by atoms with van der Waals surface area (Å²) in [6, 6.07) is 0. The average Bonchev–Trinajstić information content (AvgIpc) is 2.27. The number of hydrogen-bond donors (Lipinski definition) is 0. The first-order valence-electron chi connectivity index (χ1n) is 4.20. The number of allylic oxidation sites excluding steroid dienone is 1. The first-order valence-corrected chi connectivity index (χ1v) is 4.20. The molecule has 0 saturated carbocycles. The number of hydrogen-bond acceptors (Lipinski definition) is 4. The van der Waals surface area contributed by atoms with Gasteiger partial charge in [0, 0.05) is 12.7 Å². The molecule has 0 atom stereocenters. The van der Waals surface area contributed by atoms with Crippen molar-refractivity contribution < 1.29 is 14.3 Å². The Morgan fingerprint density at radius 1 is 1.62 bits per heavy atom. The van der Waals surface area contributed by atoms with E-state index in [1.807, 2.05) is 0 Å². The molecule has 0 N–H and O–H groups in total. The number of rotatable bonds is 2. The van der Waals surface area contributed by atoms with Crippen molar-refractivity contribution in [1.82, 2.24) is 4.90 Å². The predicted molar refractivity (Wildman–Crippen MR) is 47.0 cm³/mol. The number of carbonyl (C=O) groups excluding carboxylic acids is 2. The zero-order chi connectivity index (χ0) is 10.0. The highest BCUT2D eigenvalue weighted by molar-refractivity contribution is 6.20. The van der Waals surface area contributed by atoms with Crippen LogP contribution < -0.4 is 0 Å². The van der Waals surface area contributed by atoms with E-state index in [4.69, 9.17) is 4.74 Å². The summed E-state index contributed by atoms with van der Waals surface area (Å²) < 4.78 is 4.77. The molecule has 4 heteroatoms. The maximum Gasteiger partial charge on any atom is 0.343 e. The molecule has 1 heterocycles. The molecule has 1 aliphatic heterocycles. The monoisotopic (exact) mass is 183 g/mol. The molecule has 0 aromatic heterocycles. The number of carbonyl (C=O) groups is 2. The molecule has 4 nitrogen and oxygen atoms in total. The number of esters is 1. The molecule has 72 valence electrons. The Morgan fingerprint density at radius 3 is 2.62 bits per heavy atom. The molecule has 1 rings (SSSR count). The van der Waals surface area contributed by atoms with Crippen molar-refractivity contribution in [3.8, 4) is 0 Å². The summed E-state index contributed by atoms with van der Waals surface area (Å²) in [5.74, 6) is -0.659. The molecule has 0 aromatic rings. The molecule has 0 aliphatic carbocycles. The van der Waals surface area contributed by atoms with Gasteiger partial charge < -0.3 is 9.64 Å². The van der Waals surface area contributed by atoms with E-state index < -0.39 is 5.97 Å². The molecule has 0 saturated heterocycles. The molecular formula is C9H13NO3. The zero-order valence-corrected chi connectivity index (χ0v) is 8.09. The second-order valence-corrected chi connectivity index (χ2v) is 2.96. The van der Waals surface area contributed by atoms with Crippen LogP contribution in [0.25, 0.3) is 0 Å².